The Hall–Kier alpha value is -0.540. The largest absolute Gasteiger partial charge is 0.360 e. The van der Waals surface area contributed by atoms with E-state index >= 15 is 0 Å². The molecule has 3 nitrogen and oxygen atoms in total. The lowest BCUT2D eigenvalue weighted by atomic mass is 10.2. The maximum atomic E-state index is 3.40. The van der Waals surface area contributed by atoms with Gasteiger partial charge >= 0.3 is 0 Å². The molecule has 1 aromatic heterocycles. The highest BCUT2D eigenvalue weighted by Crippen LogP contribution is 2.59. The summed E-state index contributed by atoms with van der Waals surface area (Å²) in [5.74, 6) is 0. The first kappa shape index (κ1) is 16.8. The van der Waals surface area contributed by atoms with E-state index in [2.05, 4.69) is 72.5 Å². The molecular weight excluding hydrogens is 297 g/mol. The molecule has 0 aliphatic rings. The van der Waals surface area contributed by atoms with Crippen LogP contribution in [0.1, 0.15) is 27.7 Å². The molecule has 2 rings (SSSR count). The Labute approximate surface area is 133 Å². The predicted molar refractivity (Wildman–Crippen MR) is 96.9 cm³/mol. The molecule has 21 heavy (non-hydrogen) atoms. The number of hydrogen-bond acceptors (Lipinski definition) is 3. The highest BCUT2D eigenvalue weighted by molar-refractivity contribution is 8.54. The van der Waals surface area contributed by atoms with E-state index in [0.29, 0.717) is 0 Å². The van der Waals surface area contributed by atoms with Crippen LogP contribution in [-0.4, -0.2) is 40.5 Å². The maximum Gasteiger partial charge on any atom is 0.108 e. The van der Waals surface area contributed by atoms with Gasteiger partial charge in [-0.2, -0.15) is 0 Å². The van der Waals surface area contributed by atoms with Crippen LogP contribution in [-0.2, 0) is 0 Å². The van der Waals surface area contributed by atoms with Gasteiger partial charge in [-0.15, -0.1) is 0 Å². The van der Waals surface area contributed by atoms with Crippen molar-refractivity contribution in [3.8, 4) is 0 Å². The van der Waals surface area contributed by atoms with Crippen molar-refractivity contribution in [3.05, 3.63) is 30.5 Å². The lowest BCUT2D eigenvalue weighted by Crippen LogP contribution is -2.27. The van der Waals surface area contributed by atoms with Crippen molar-refractivity contribution < 1.29 is 0 Å². The van der Waals surface area contributed by atoms with Crippen LogP contribution < -0.4 is 0 Å². The summed E-state index contributed by atoms with van der Waals surface area (Å²) >= 11 is 2.02. The van der Waals surface area contributed by atoms with Crippen molar-refractivity contribution in [1.82, 2.24) is 14.3 Å². The summed E-state index contributed by atoms with van der Waals surface area (Å²) in [5, 5.41) is 1.34. The third-order valence-electron chi connectivity index (χ3n) is 3.68. The molecule has 0 radical (unpaired) electrons. The van der Waals surface area contributed by atoms with E-state index < -0.39 is 0 Å². The van der Waals surface area contributed by atoms with E-state index in [4.69, 9.17) is 0 Å². The van der Waals surface area contributed by atoms with E-state index in [1.54, 1.807) is 0 Å². The number of aromatic amines is 1. The molecule has 1 heterocycles. The number of aromatic nitrogens is 1. The molecule has 5 heteroatoms. The number of fused-ring (bicyclic) bond motifs is 1. The third kappa shape index (κ3) is 3.81. The minimum absolute atomic E-state index is 0.348. The fourth-order valence-corrected chi connectivity index (χ4v) is 7.61. The van der Waals surface area contributed by atoms with Crippen LogP contribution in [0.25, 0.3) is 10.9 Å². The monoisotopic (exact) mass is 323 g/mol. The molecular formula is C16H26N3PS. The van der Waals surface area contributed by atoms with Crippen LogP contribution in [0.15, 0.2) is 35.4 Å². The highest BCUT2D eigenvalue weighted by Gasteiger charge is 2.24. The van der Waals surface area contributed by atoms with Crippen molar-refractivity contribution in [2.45, 2.75) is 32.6 Å². The lowest BCUT2D eigenvalue weighted by molar-refractivity contribution is 0.435. The normalized spacial score (nSPS) is 12.1. The summed E-state index contributed by atoms with van der Waals surface area (Å²) in [7, 11) is -0.348. The summed E-state index contributed by atoms with van der Waals surface area (Å²) in [4.78, 5) is 4.77. The van der Waals surface area contributed by atoms with E-state index in [1.165, 1.54) is 15.8 Å². The first-order chi connectivity index (χ1) is 10.2. The molecule has 0 amide bonds. The van der Waals surface area contributed by atoms with E-state index in [0.717, 1.165) is 26.2 Å². The van der Waals surface area contributed by atoms with Crippen LogP contribution in [0.2, 0.25) is 0 Å². The standard InChI is InChI=1S/C16H26N3PS/c1-5-18(6-2)20(19(7-3)8-4)21-16-13-17-15-12-10-9-11-14(15)16/h9-13,17H,5-8H2,1-4H3. The van der Waals surface area contributed by atoms with Crippen molar-refractivity contribution in [3.63, 3.8) is 0 Å². The molecule has 2 aromatic rings. The van der Waals surface area contributed by atoms with Crippen LogP contribution >= 0.6 is 18.8 Å². The molecule has 0 fully saturated rings. The summed E-state index contributed by atoms with van der Waals surface area (Å²) < 4.78 is 5.18. The Bertz CT molecular complexity index is 537. The average molecular weight is 323 g/mol. The van der Waals surface area contributed by atoms with E-state index in [9.17, 15) is 0 Å². The summed E-state index contributed by atoms with van der Waals surface area (Å²) in [6.07, 6.45) is 2.16. The Kier molecular flexibility index (Phi) is 6.56. The average Bonchev–Trinajstić information content (AvgIpc) is 2.93. The molecule has 0 saturated heterocycles. The topological polar surface area (TPSA) is 22.3 Å². The van der Waals surface area contributed by atoms with Crippen molar-refractivity contribution >= 4 is 29.7 Å². The van der Waals surface area contributed by atoms with Gasteiger partial charge in [0.15, 0.2) is 0 Å². The molecule has 0 spiro atoms. The number of nitrogens with zero attached hydrogens (tertiary/aromatic N) is 2. The molecule has 0 aliphatic heterocycles. The van der Waals surface area contributed by atoms with Gasteiger partial charge in [-0.1, -0.05) is 57.3 Å². The molecule has 0 unspecified atom stereocenters. The van der Waals surface area contributed by atoms with Gasteiger partial charge in [0, 0.05) is 48.2 Å². The first-order valence-electron chi connectivity index (χ1n) is 7.78. The van der Waals surface area contributed by atoms with Gasteiger partial charge in [0.1, 0.15) is 7.42 Å². The molecule has 0 atom stereocenters. The molecule has 0 bridgehead atoms. The maximum absolute atomic E-state index is 3.40. The second-order valence-corrected chi connectivity index (χ2v) is 8.61. The number of nitrogens with one attached hydrogen (secondary N) is 1. The van der Waals surface area contributed by atoms with Gasteiger partial charge in [0.25, 0.3) is 0 Å². The fraction of sp³-hybridized carbons (Fsp3) is 0.500. The zero-order chi connectivity index (χ0) is 15.2. The quantitative estimate of drug-likeness (QED) is 0.678. The number of benzene rings is 1. The Morgan fingerprint density at radius 1 is 0.952 bits per heavy atom. The molecule has 0 aliphatic carbocycles. The number of rotatable bonds is 8. The summed E-state index contributed by atoms with van der Waals surface area (Å²) in [6.45, 7) is 13.5. The molecule has 1 N–H and O–H groups in total. The lowest BCUT2D eigenvalue weighted by Gasteiger charge is -2.36. The number of hydrogen-bond donors (Lipinski definition) is 1. The highest BCUT2D eigenvalue weighted by atomic mass is 32.7. The van der Waals surface area contributed by atoms with Crippen molar-refractivity contribution in [2.75, 3.05) is 26.2 Å². The number of para-hydroxylation sites is 1. The number of H-pyrrole nitrogens is 1. The third-order valence-corrected chi connectivity index (χ3v) is 8.94. The molecule has 0 saturated carbocycles. The van der Waals surface area contributed by atoms with E-state index in [1.807, 2.05) is 11.4 Å². The van der Waals surface area contributed by atoms with Gasteiger partial charge in [0.05, 0.1) is 0 Å². The van der Waals surface area contributed by atoms with Gasteiger partial charge in [-0.05, 0) is 6.07 Å². The summed E-state index contributed by atoms with van der Waals surface area (Å²) in [6, 6.07) is 8.57. The van der Waals surface area contributed by atoms with Crippen LogP contribution in [0.3, 0.4) is 0 Å². The van der Waals surface area contributed by atoms with Crippen LogP contribution in [0.5, 0.6) is 0 Å². The minimum atomic E-state index is -0.348. The van der Waals surface area contributed by atoms with Gasteiger partial charge in [-0.3, -0.25) is 9.34 Å². The SMILES string of the molecule is CCN(CC)P(Sc1c[nH]c2ccccc12)N(CC)CC. The Morgan fingerprint density at radius 3 is 2.10 bits per heavy atom. The van der Waals surface area contributed by atoms with Crippen molar-refractivity contribution in [1.29, 1.82) is 0 Å². The van der Waals surface area contributed by atoms with Crippen LogP contribution in [0, 0.1) is 0 Å². The Morgan fingerprint density at radius 2 is 1.52 bits per heavy atom. The molecule has 1 aromatic carbocycles. The van der Waals surface area contributed by atoms with Crippen LogP contribution in [0.4, 0.5) is 0 Å². The minimum Gasteiger partial charge on any atom is -0.360 e. The zero-order valence-corrected chi connectivity index (χ0v) is 15.2. The summed E-state index contributed by atoms with van der Waals surface area (Å²) in [5.41, 5.74) is 1.23. The second-order valence-electron chi connectivity index (χ2n) is 4.82. The van der Waals surface area contributed by atoms with Crippen molar-refractivity contribution in [2.24, 2.45) is 0 Å². The Balaban J connectivity index is 2.29. The predicted octanol–water partition coefficient (Wildman–Crippen LogP) is 5.17. The zero-order valence-electron chi connectivity index (χ0n) is 13.5. The van der Waals surface area contributed by atoms with Gasteiger partial charge < -0.3 is 4.98 Å². The van der Waals surface area contributed by atoms with Gasteiger partial charge in [0.2, 0.25) is 0 Å². The van der Waals surface area contributed by atoms with Gasteiger partial charge in [-0.25, -0.2) is 0 Å². The fourth-order valence-electron chi connectivity index (χ4n) is 2.43. The first-order valence-corrected chi connectivity index (χ1v) is 10.5. The smallest absolute Gasteiger partial charge is 0.108 e. The molecule has 116 valence electrons. The van der Waals surface area contributed by atoms with E-state index in [-0.39, 0.29) is 7.42 Å². The second kappa shape index (κ2) is 8.19.